The van der Waals surface area contributed by atoms with Crippen molar-refractivity contribution in [3.05, 3.63) is 54.2 Å². The van der Waals surface area contributed by atoms with Crippen molar-refractivity contribution in [3.8, 4) is 0 Å². The summed E-state index contributed by atoms with van der Waals surface area (Å²) in [5, 5.41) is 5.19. The van der Waals surface area contributed by atoms with E-state index in [0.717, 1.165) is 4.90 Å². The highest BCUT2D eigenvalue weighted by atomic mass is 16.3. The largest absolute Gasteiger partial charge is 0.467 e. The van der Waals surface area contributed by atoms with E-state index >= 15 is 0 Å². The van der Waals surface area contributed by atoms with Crippen LogP contribution < -0.4 is 10.6 Å². The molecule has 2 aromatic rings. The molecule has 3 heterocycles. The van der Waals surface area contributed by atoms with Crippen LogP contribution in [0.4, 0.5) is 4.79 Å². The molecule has 0 saturated carbocycles. The summed E-state index contributed by atoms with van der Waals surface area (Å²) in [7, 11) is 0. The minimum absolute atomic E-state index is 0.0454. The number of carbonyl (C=O) groups excluding carboxylic acids is 3. The third-order valence-corrected chi connectivity index (χ3v) is 3.58. The Labute approximate surface area is 137 Å². The van der Waals surface area contributed by atoms with E-state index in [1.807, 2.05) is 6.07 Å². The fourth-order valence-electron chi connectivity index (χ4n) is 2.37. The number of pyridine rings is 1. The molecule has 8 heteroatoms. The summed E-state index contributed by atoms with van der Waals surface area (Å²) in [6.45, 7) is 0.314. The predicted octanol–water partition coefficient (Wildman–Crippen LogP) is 0.801. The van der Waals surface area contributed by atoms with Gasteiger partial charge < -0.3 is 15.1 Å². The highest BCUT2D eigenvalue weighted by Gasteiger charge is 2.39. The summed E-state index contributed by atoms with van der Waals surface area (Å²) < 4.78 is 5.14. The Hall–Kier alpha value is -3.16. The highest BCUT2D eigenvalue weighted by Crippen LogP contribution is 2.14. The van der Waals surface area contributed by atoms with Gasteiger partial charge in [0.05, 0.1) is 31.5 Å². The zero-order chi connectivity index (χ0) is 16.9. The second-order valence-corrected chi connectivity index (χ2v) is 5.31. The number of urea groups is 1. The molecule has 0 bridgehead atoms. The van der Waals surface area contributed by atoms with Gasteiger partial charge in [0.1, 0.15) is 11.8 Å². The first-order chi connectivity index (χ1) is 11.6. The lowest BCUT2D eigenvalue weighted by molar-refractivity contribution is -0.131. The number of hydrogen-bond acceptors (Lipinski definition) is 5. The summed E-state index contributed by atoms with van der Waals surface area (Å²) in [4.78, 5) is 41.3. The third-order valence-electron chi connectivity index (χ3n) is 3.58. The summed E-state index contributed by atoms with van der Waals surface area (Å²) in [6.07, 6.45) is 2.98. The highest BCUT2D eigenvalue weighted by molar-refractivity contribution is 6.05. The minimum Gasteiger partial charge on any atom is -0.467 e. The molecule has 1 fully saturated rings. The summed E-state index contributed by atoms with van der Waals surface area (Å²) in [5.41, 5.74) is 0.715. The molecule has 0 spiro atoms. The topological polar surface area (TPSA) is 105 Å². The summed E-state index contributed by atoms with van der Waals surface area (Å²) in [5.74, 6) is -0.276. The van der Waals surface area contributed by atoms with Gasteiger partial charge in [0.15, 0.2) is 0 Å². The number of carbonyl (C=O) groups is 3. The number of nitrogens with one attached hydrogen (secondary N) is 2. The molecule has 4 amide bonds. The fourth-order valence-corrected chi connectivity index (χ4v) is 2.37. The lowest BCUT2D eigenvalue weighted by Gasteiger charge is -2.11. The van der Waals surface area contributed by atoms with E-state index in [9.17, 15) is 14.4 Å². The van der Waals surface area contributed by atoms with Gasteiger partial charge in [-0.25, -0.2) is 4.79 Å². The first-order valence-corrected chi connectivity index (χ1v) is 7.44. The van der Waals surface area contributed by atoms with Crippen molar-refractivity contribution < 1.29 is 18.8 Å². The number of hydrogen-bond donors (Lipinski definition) is 2. The van der Waals surface area contributed by atoms with Crippen LogP contribution in [0.15, 0.2) is 47.2 Å². The molecule has 24 heavy (non-hydrogen) atoms. The molecule has 8 nitrogen and oxygen atoms in total. The number of aromatic nitrogens is 1. The van der Waals surface area contributed by atoms with E-state index in [0.29, 0.717) is 11.5 Å². The van der Waals surface area contributed by atoms with Gasteiger partial charge in [-0.05, 0) is 24.3 Å². The maximum absolute atomic E-state index is 12.3. The average molecular weight is 328 g/mol. The average Bonchev–Trinajstić information content (AvgIpc) is 3.18. The van der Waals surface area contributed by atoms with Crippen LogP contribution in [0.25, 0.3) is 0 Å². The van der Waals surface area contributed by atoms with E-state index in [-0.39, 0.29) is 25.4 Å². The van der Waals surface area contributed by atoms with E-state index in [2.05, 4.69) is 15.6 Å². The molecule has 0 radical (unpaired) electrons. The Morgan fingerprint density at radius 1 is 1.29 bits per heavy atom. The van der Waals surface area contributed by atoms with E-state index < -0.39 is 18.0 Å². The predicted molar refractivity (Wildman–Crippen MR) is 82.3 cm³/mol. The number of rotatable bonds is 6. The molecule has 1 aliphatic rings. The fraction of sp³-hybridized carbons (Fsp3) is 0.250. The molecule has 3 rings (SSSR count). The van der Waals surface area contributed by atoms with Crippen LogP contribution in [0.1, 0.15) is 17.9 Å². The molecule has 1 saturated heterocycles. The van der Waals surface area contributed by atoms with Gasteiger partial charge in [0, 0.05) is 6.20 Å². The monoisotopic (exact) mass is 328 g/mol. The smallest absolute Gasteiger partial charge is 0.325 e. The van der Waals surface area contributed by atoms with Crippen LogP contribution >= 0.6 is 0 Å². The molecular weight excluding hydrogens is 312 g/mol. The first kappa shape index (κ1) is 15.7. The van der Waals surface area contributed by atoms with Crippen LogP contribution in [-0.4, -0.2) is 33.8 Å². The Morgan fingerprint density at radius 3 is 2.88 bits per heavy atom. The zero-order valence-corrected chi connectivity index (χ0v) is 12.8. The molecular formula is C16H16N4O4. The van der Waals surface area contributed by atoms with Gasteiger partial charge in [0.2, 0.25) is 5.91 Å². The molecule has 1 aliphatic heterocycles. The van der Waals surface area contributed by atoms with Gasteiger partial charge in [-0.3, -0.25) is 19.5 Å². The van der Waals surface area contributed by atoms with Crippen molar-refractivity contribution in [1.29, 1.82) is 0 Å². The Kier molecular flexibility index (Phi) is 4.55. The third kappa shape index (κ3) is 3.60. The van der Waals surface area contributed by atoms with Crippen molar-refractivity contribution >= 4 is 17.8 Å². The van der Waals surface area contributed by atoms with Gasteiger partial charge in [-0.2, -0.15) is 0 Å². The van der Waals surface area contributed by atoms with Crippen molar-refractivity contribution in [3.63, 3.8) is 0 Å². The quantitative estimate of drug-likeness (QED) is 0.763. The molecule has 124 valence electrons. The van der Waals surface area contributed by atoms with Gasteiger partial charge in [-0.15, -0.1) is 0 Å². The van der Waals surface area contributed by atoms with Crippen LogP contribution in [0, 0.1) is 0 Å². The summed E-state index contributed by atoms with van der Waals surface area (Å²) in [6, 6.07) is 7.35. The number of imide groups is 1. The molecule has 0 aliphatic carbocycles. The lowest BCUT2D eigenvalue weighted by Crippen LogP contribution is -2.36. The van der Waals surface area contributed by atoms with Gasteiger partial charge >= 0.3 is 6.03 Å². The second-order valence-electron chi connectivity index (χ2n) is 5.31. The maximum atomic E-state index is 12.3. The zero-order valence-electron chi connectivity index (χ0n) is 12.8. The van der Waals surface area contributed by atoms with E-state index in [4.69, 9.17) is 4.42 Å². The maximum Gasteiger partial charge on any atom is 0.325 e. The lowest BCUT2D eigenvalue weighted by atomic mass is 10.2. The second kappa shape index (κ2) is 6.95. The van der Waals surface area contributed by atoms with Crippen molar-refractivity contribution in [2.75, 3.05) is 0 Å². The number of amides is 4. The van der Waals surface area contributed by atoms with Crippen LogP contribution in [-0.2, 0) is 22.7 Å². The number of nitrogens with zero attached hydrogens (tertiary/aromatic N) is 2. The molecule has 2 N–H and O–H groups in total. The van der Waals surface area contributed by atoms with Crippen LogP contribution in [0.2, 0.25) is 0 Å². The van der Waals surface area contributed by atoms with Crippen LogP contribution in [0.5, 0.6) is 0 Å². The Balaban J connectivity index is 1.52. The Morgan fingerprint density at radius 2 is 2.17 bits per heavy atom. The van der Waals surface area contributed by atoms with Gasteiger partial charge in [0.25, 0.3) is 5.91 Å². The van der Waals surface area contributed by atoms with Crippen molar-refractivity contribution in [1.82, 2.24) is 20.5 Å². The molecule has 2 aromatic heterocycles. The Bertz CT molecular complexity index is 730. The SMILES string of the molecule is O=C(CC1NC(=O)N(Cc2ccco2)C1=O)NCc1ccccn1. The van der Waals surface area contributed by atoms with Crippen molar-refractivity contribution in [2.45, 2.75) is 25.6 Å². The van der Waals surface area contributed by atoms with E-state index in [1.165, 1.54) is 6.26 Å². The van der Waals surface area contributed by atoms with Crippen LogP contribution in [0.3, 0.4) is 0 Å². The normalized spacial score (nSPS) is 17.0. The standard InChI is InChI=1S/C16H16N4O4/c21-14(18-9-11-4-1-2-6-17-11)8-13-15(22)20(16(23)19-13)10-12-5-3-7-24-12/h1-7,13H,8-10H2,(H,18,21)(H,19,23). The molecule has 1 atom stereocenters. The van der Waals surface area contributed by atoms with Gasteiger partial charge in [-0.1, -0.05) is 6.07 Å². The first-order valence-electron chi connectivity index (χ1n) is 7.44. The summed E-state index contributed by atoms with van der Waals surface area (Å²) >= 11 is 0. The molecule has 0 aromatic carbocycles. The van der Waals surface area contributed by atoms with Crippen molar-refractivity contribution in [2.24, 2.45) is 0 Å². The minimum atomic E-state index is -0.865. The number of furan rings is 1. The van der Waals surface area contributed by atoms with E-state index in [1.54, 1.807) is 30.5 Å². The molecule has 1 unspecified atom stereocenters.